The number of fused-ring (bicyclic) bond motifs is 1. The van der Waals surface area contributed by atoms with Gasteiger partial charge in [0.15, 0.2) is 5.69 Å². The first-order chi connectivity index (χ1) is 8.13. The molecule has 6 heteroatoms. The van der Waals surface area contributed by atoms with Crippen molar-refractivity contribution in [2.24, 2.45) is 5.73 Å². The van der Waals surface area contributed by atoms with E-state index in [0.29, 0.717) is 11.3 Å². The first-order valence-electron chi connectivity index (χ1n) is 4.98. The Balaban J connectivity index is 2.48. The predicted molar refractivity (Wildman–Crippen MR) is 59.2 cm³/mol. The average molecular weight is 230 g/mol. The number of nitrogens with zero attached hydrogens (tertiary/aromatic N) is 3. The van der Waals surface area contributed by atoms with E-state index in [9.17, 15) is 4.79 Å². The van der Waals surface area contributed by atoms with Crippen LogP contribution in [0, 0.1) is 11.3 Å². The molecule has 3 N–H and O–H groups in total. The van der Waals surface area contributed by atoms with E-state index in [2.05, 4.69) is 4.98 Å². The number of carboxylic acid groups (broad SMARTS) is 1. The van der Waals surface area contributed by atoms with Gasteiger partial charge in [-0.1, -0.05) is 6.07 Å². The second kappa shape index (κ2) is 4.23. The second-order valence-corrected chi connectivity index (χ2v) is 3.59. The fourth-order valence-electron chi connectivity index (χ4n) is 1.61. The van der Waals surface area contributed by atoms with Crippen LogP contribution in [-0.4, -0.2) is 26.5 Å². The van der Waals surface area contributed by atoms with E-state index in [1.165, 1.54) is 0 Å². The maximum Gasteiger partial charge on any atom is 0.320 e. The van der Waals surface area contributed by atoms with Crippen molar-refractivity contribution in [3.05, 3.63) is 35.9 Å². The molecule has 0 aliphatic heterocycles. The number of pyridine rings is 1. The van der Waals surface area contributed by atoms with Gasteiger partial charge in [-0.25, -0.2) is 4.98 Å². The number of aromatic nitrogens is 2. The lowest BCUT2D eigenvalue weighted by Gasteiger charge is -2.04. The molecular weight excluding hydrogens is 220 g/mol. The van der Waals surface area contributed by atoms with Crippen LogP contribution >= 0.6 is 0 Å². The molecule has 0 radical (unpaired) electrons. The summed E-state index contributed by atoms with van der Waals surface area (Å²) in [6.45, 7) is 0. The Labute approximate surface area is 96.9 Å². The summed E-state index contributed by atoms with van der Waals surface area (Å²) < 4.78 is 1.68. The summed E-state index contributed by atoms with van der Waals surface area (Å²) in [6, 6.07) is 6.28. The highest BCUT2D eigenvalue weighted by Crippen LogP contribution is 2.13. The number of carbonyl (C=O) groups is 1. The van der Waals surface area contributed by atoms with Gasteiger partial charge in [0.05, 0.1) is 5.52 Å². The molecular formula is C11H10N4O2. The molecule has 0 aromatic carbocycles. The van der Waals surface area contributed by atoms with Crippen molar-refractivity contribution in [2.75, 3.05) is 0 Å². The van der Waals surface area contributed by atoms with E-state index < -0.39 is 12.0 Å². The zero-order valence-corrected chi connectivity index (χ0v) is 8.87. The van der Waals surface area contributed by atoms with Crippen molar-refractivity contribution < 1.29 is 9.90 Å². The maximum atomic E-state index is 10.7. The zero-order valence-electron chi connectivity index (χ0n) is 8.87. The van der Waals surface area contributed by atoms with Gasteiger partial charge in [-0.15, -0.1) is 0 Å². The highest BCUT2D eigenvalue weighted by Gasteiger charge is 2.17. The Hall–Kier alpha value is -2.39. The Kier molecular flexibility index (Phi) is 2.77. The van der Waals surface area contributed by atoms with Crippen LogP contribution in [0.15, 0.2) is 24.4 Å². The van der Waals surface area contributed by atoms with Gasteiger partial charge in [0.1, 0.15) is 17.9 Å². The van der Waals surface area contributed by atoms with Gasteiger partial charge in [-0.3, -0.25) is 4.79 Å². The molecule has 0 bridgehead atoms. The lowest BCUT2D eigenvalue weighted by Crippen LogP contribution is -2.32. The number of rotatable bonds is 3. The van der Waals surface area contributed by atoms with Crippen molar-refractivity contribution in [2.45, 2.75) is 12.5 Å². The monoisotopic (exact) mass is 230 g/mol. The number of nitriles is 1. The number of hydrogen-bond donors (Lipinski definition) is 2. The second-order valence-electron chi connectivity index (χ2n) is 3.59. The number of carboxylic acids is 1. The molecule has 6 nitrogen and oxygen atoms in total. The molecule has 17 heavy (non-hydrogen) atoms. The van der Waals surface area contributed by atoms with Crippen LogP contribution in [0.3, 0.4) is 0 Å². The van der Waals surface area contributed by atoms with Crippen LogP contribution in [0.1, 0.15) is 11.5 Å². The van der Waals surface area contributed by atoms with E-state index in [4.69, 9.17) is 16.1 Å². The summed E-state index contributed by atoms with van der Waals surface area (Å²) in [4.78, 5) is 14.8. The molecule has 0 saturated heterocycles. The normalized spacial score (nSPS) is 12.2. The average Bonchev–Trinajstić information content (AvgIpc) is 2.68. The summed E-state index contributed by atoms with van der Waals surface area (Å²) in [7, 11) is 0. The topological polar surface area (TPSA) is 104 Å². The summed E-state index contributed by atoms with van der Waals surface area (Å²) in [5, 5.41) is 17.7. The fraction of sp³-hybridized carbons (Fsp3) is 0.182. The molecule has 0 aliphatic carbocycles. The van der Waals surface area contributed by atoms with Gasteiger partial charge in [0.25, 0.3) is 0 Å². The van der Waals surface area contributed by atoms with Gasteiger partial charge in [0.2, 0.25) is 0 Å². The maximum absolute atomic E-state index is 10.7. The molecule has 1 atom stereocenters. The Morgan fingerprint density at radius 1 is 1.65 bits per heavy atom. The summed E-state index contributed by atoms with van der Waals surface area (Å²) >= 11 is 0. The first-order valence-corrected chi connectivity index (χ1v) is 4.98. The van der Waals surface area contributed by atoms with Gasteiger partial charge >= 0.3 is 5.97 Å². The highest BCUT2D eigenvalue weighted by molar-refractivity contribution is 5.73. The predicted octanol–water partition coefficient (Wildman–Crippen LogP) is 0.160. The van der Waals surface area contributed by atoms with Crippen LogP contribution < -0.4 is 5.73 Å². The van der Waals surface area contributed by atoms with E-state index in [0.717, 1.165) is 0 Å². The number of hydrogen-bond acceptors (Lipinski definition) is 4. The molecule has 0 amide bonds. The van der Waals surface area contributed by atoms with Gasteiger partial charge in [0, 0.05) is 12.6 Å². The van der Waals surface area contributed by atoms with Crippen molar-refractivity contribution in [3.8, 4) is 6.07 Å². The van der Waals surface area contributed by atoms with E-state index in [-0.39, 0.29) is 12.1 Å². The van der Waals surface area contributed by atoms with Crippen molar-refractivity contribution in [1.82, 2.24) is 9.38 Å². The van der Waals surface area contributed by atoms with E-state index >= 15 is 0 Å². The fourth-order valence-corrected chi connectivity index (χ4v) is 1.61. The molecule has 0 fully saturated rings. The minimum absolute atomic E-state index is 0.0855. The van der Waals surface area contributed by atoms with Crippen LogP contribution in [0.2, 0.25) is 0 Å². The van der Waals surface area contributed by atoms with Crippen LogP contribution in [-0.2, 0) is 11.2 Å². The minimum atomic E-state index is -1.09. The molecule has 86 valence electrons. The Bertz CT molecular complexity index is 611. The summed E-state index contributed by atoms with van der Waals surface area (Å²) in [5.41, 5.74) is 6.39. The SMILES string of the molecule is N#Cc1nc(CC(N)C(=O)O)n2ccccc12. The Morgan fingerprint density at radius 2 is 2.41 bits per heavy atom. The minimum Gasteiger partial charge on any atom is -0.480 e. The van der Waals surface area contributed by atoms with Crippen LogP contribution in [0.25, 0.3) is 5.52 Å². The van der Waals surface area contributed by atoms with E-state index in [1.54, 1.807) is 28.8 Å². The molecule has 0 spiro atoms. The van der Waals surface area contributed by atoms with E-state index in [1.807, 2.05) is 6.07 Å². The van der Waals surface area contributed by atoms with Gasteiger partial charge in [-0.2, -0.15) is 5.26 Å². The van der Waals surface area contributed by atoms with Crippen molar-refractivity contribution in [1.29, 1.82) is 5.26 Å². The number of imidazole rings is 1. The standard InChI is InChI=1S/C11H10N4O2/c12-6-8-9-3-1-2-4-15(9)10(14-8)5-7(13)11(16)17/h1-4,7H,5,13H2,(H,16,17). The third-order valence-electron chi connectivity index (χ3n) is 2.45. The van der Waals surface area contributed by atoms with Crippen molar-refractivity contribution >= 4 is 11.5 Å². The quantitative estimate of drug-likeness (QED) is 0.781. The molecule has 2 aromatic heterocycles. The molecule has 2 aromatic rings. The van der Waals surface area contributed by atoms with Crippen LogP contribution in [0.5, 0.6) is 0 Å². The molecule has 2 rings (SSSR count). The Morgan fingerprint density at radius 3 is 3.06 bits per heavy atom. The van der Waals surface area contributed by atoms with Crippen molar-refractivity contribution in [3.63, 3.8) is 0 Å². The zero-order chi connectivity index (χ0) is 12.4. The highest BCUT2D eigenvalue weighted by atomic mass is 16.4. The third-order valence-corrected chi connectivity index (χ3v) is 2.45. The van der Waals surface area contributed by atoms with Gasteiger partial charge in [-0.05, 0) is 12.1 Å². The molecule has 2 heterocycles. The first kappa shape index (κ1) is 11.1. The summed E-state index contributed by atoms with van der Waals surface area (Å²) in [6.07, 6.45) is 1.81. The lowest BCUT2D eigenvalue weighted by molar-refractivity contribution is -0.138. The van der Waals surface area contributed by atoms with Crippen LogP contribution in [0.4, 0.5) is 0 Å². The largest absolute Gasteiger partial charge is 0.480 e. The van der Waals surface area contributed by atoms with Gasteiger partial charge < -0.3 is 15.2 Å². The third kappa shape index (κ3) is 1.96. The molecule has 0 aliphatic rings. The smallest absolute Gasteiger partial charge is 0.320 e. The number of nitrogens with two attached hydrogens (primary N) is 1. The summed E-state index contributed by atoms with van der Waals surface area (Å²) in [5.74, 6) is -0.608. The lowest BCUT2D eigenvalue weighted by atomic mass is 10.2. The molecule has 1 unspecified atom stereocenters. The molecule has 0 saturated carbocycles. The number of aliphatic carboxylic acids is 1.